The second-order valence-electron chi connectivity index (χ2n) is 5.72. The summed E-state index contributed by atoms with van der Waals surface area (Å²) >= 11 is 0. The van der Waals surface area contributed by atoms with Gasteiger partial charge in [-0.05, 0) is 35.9 Å². The number of esters is 1. The predicted molar refractivity (Wildman–Crippen MR) is 94.9 cm³/mol. The lowest BCUT2D eigenvalue weighted by Gasteiger charge is -2.07. The van der Waals surface area contributed by atoms with Gasteiger partial charge >= 0.3 is 5.97 Å². The minimum absolute atomic E-state index is 0.0170. The fourth-order valence-electron chi connectivity index (χ4n) is 2.48. The molecule has 0 unspecified atom stereocenters. The summed E-state index contributed by atoms with van der Waals surface area (Å²) in [6.45, 7) is -0.0170. The zero-order chi connectivity index (χ0) is 19.2. The van der Waals surface area contributed by atoms with E-state index in [1.54, 1.807) is 44.6 Å². The quantitative estimate of drug-likeness (QED) is 0.589. The topological polar surface area (TPSA) is 70.8 Å². The van der Waals surface area contributed by atoms with Crippen molar-refractivity contribution in [3.63, 3.8) is 0 Å². The van der Waals surface area contributed by atoms with Crippen molar-refractivity contribution < 1.29 is 27.9 Å². The van der Waals surface area contributed by atoms with Crippen LogP contribution in [0.2, 0.25) is 0 Å². The summed E-state index contributed by atoms with van der Waals surface area (Å²) in [5.74, 6) is 0.907. The van der Waals surface area contributed by atoms with E-state index in [4.69, 9.17) is 18.7 Å². The number of methoxy groups -OCH3 is 2. The minimum Gasteiger partial charge on any atom is -0.493 e. The number of nitrogens with zero attached hydrogens (tertiary/aromatic N) is 1. The second kappa shape index (κ2) is 8.35. The van der Waals surface area contributed by atoms with Crippen LogP contribution in [-0.4, -0.2) is 25.3 Å². The van der Waals surface area contributed by atoms with Crippen LogP contribution in [0.5, 0.6) is 11.5 Å². The standard InChI is InChI=1S/C20H18FNO5/c1-24-17-8-5-14(10-19(17)25-2)18-11-16(22-27-18)12-26-20(23)9-13-3-6-15(21)7-4-13/h3-8,10-11H,9,12H2,1-2H3. The summed E-state index contributed by atoms with van der Waals surface area (Å²) in [5.41, 5.74) is 1.91. The van der Waals surface area contributed by atoms with E-state index in [2.05, 4.69) is 5.16 Å². The molecular weight excluding hydrogens is 353 g/mol. The Kier molecular flexibility index (Phi) is 5.71. The molecule has 0 aliphatic heterocycles. The largest absolute Gasteiger partial charge is 0.493 e. The number of carbonyl (C=O) groups excluding carboxylic acids is 1. The average molecular weight is 371 g/mol. The monoisotopic (exact) mass is 371 g/mol. The summed E-state index contributed by atoms with van der Waals surface area (Å²) in [5, 5.41) is 3.91. The molecule has 2 aromatic carbocycles. The van der Waals surface area contributed by atoms with Crippen LogP contribution in [-0.2, 0) is 22.6 Å². The highest BCUT2D eigenvalue weighted by molar-refractivity contribution is 5.72. The van der Waals surface area contributed by atoms with Crippen molar-refractivity contribution in [2.24, 2.45) is 0 Å². The van der Waals surface area contributed by atoms with Crippen LogP contribution in [0.4, 0.5) is 4.39 Å². The highest BCUT2D eigenvalue weighted by Crippen LogP contribution is 2.32. The van der Waals surface area contributed by atoms with Crippen LogP contribution < -0.4 is 9.47 Å². The molecule has 0 amide bonds. The fourth-order valence-corrected chi connectivity index (χ4v) is 2.48. The fraction of sp³-hybridized carbons (Fsp3) is 0.200. The van der Waals surface area contributed by atoms with Gasteiger partial charge in [0, 0.05) is 11.6 Å². The van der Waals surface area contributed by atoms with Gasteiger partial charge in [0.15, 0.2) is 17.3 Å². The number of hydrogen-bond donors (Lipinski definition) is 0. The summed E-state index contributed by atoms with van der Waals surface area (Å²) in [4.78, 5) is 11.9. The highest BCUT2D eigenvalue weighted by Gasteiger charge is 2.12. The van der Waals surface area contributed by atoms with E-state index in [0.29, 0.717) is 28.5 Å². The smallest absolute Gasteiger partial charge is 0.310 e. The Morgan fingerprint density at radius 1 is 1.04 bits per heavy atom. The van der Waals surface area contributed by atoms with Gasteiger partial charge in [0.1, 0.15) is 18.1 Å². The summed E-state index contributed by atoms with van der Waals surface area (Å²) < 4.78 is 33.8. The molecule has 7 heteroatoms. The molecule has 1 aromatic heterocycles. The van der Waals surface area contributed by atoms with Gasteiger partial charge in [0.25, 0.3) is 0 Å². The molecule has 27 heavy (non-hydrogen) atoms. The number of halogens is 1. The lowest BCUT2D eigenvalue weighted by Crippen LogP contribution is -2.08. The molecular formula is C20H18FNO5. The Hall–Kier alpha value is -3.35. The van der Waals surface area contributed by atoms with Gasteiger partial charge in [-0.2, -0.15) is 0 Å². The predicted octanol–water partition coefficient (Wildman–Crippen LogP) is 3.78. The lowest BCUT2D eigenvalue weighted by atomic mass is 10.1. The molecule has 140 valence electrons. The van der Waals surface area contributed by atoms with Crippen molar-refractivity contribution in [3.05, 3.63) is 65.6 Å². The molecule has 6 nitrogen and oxygen atoms in total. The molecule has 1 heterocycles. The third-order valence-electron chi connectivity index (χ3n) is 3.87. The Morgan fingerprint density at radius 3 is 2.48 bits per heavy atom. The van der Waals surface area contributed by atoms with E-state index in [9.17, 15) is 9.18 Å². The van der Waals surface area contributed by atoms with Crippen molar-refractivity contribution in [2.45, 2.75) is 13.0 Å². The molecule has 3 aromatic rings. The molecule has 0 aliphatic carbocycles. The first-order valence-electron chi connectivity index (χ1n) is 8.17. The molecule has 0 bridgehead atoms. The van der Waals surface area contributed by atoms with Crippen LogP contribution >= 0.6 is 0 Å². The number of carbonyl (C=O) groups is 1. The average Bonchev–Trinajstić information content (AvgIpc) is 3.16. The zero-order valence-electron chi connectivity index (χ0n) is 14.9. The minimum atomic E-state index is -0.433. The van der Waals surface area contributed by atoms with Crippen molar-refractivity contribution in [1.82, 2.24) is 5.16 Å². The third kappa shape index (κ3) is 4.63. The van der Waals surface area contributed by atoms with Gasteiger partial charge in [-0.1, -0.05) is 17.3 Å². The van der Waals surface area contributed by atoms with E-state index in [1.807, 2.05) is 6.07 Å². The lowest BCUT2D eigenvalue weighted by molar-refractivity contribution is -0.144. The van der Waals surface area contributed by atoms with Crippen molar-refractivity contribution in [2.75, 3.05) is 14.2 Å². The van der Waals surface area contributed by atoms with Crippen molar-refractivity contribution in [3.8, 4) is 22.8 Å². The number of ether oxygens (including phenoxy) is 3. The second-order valence-corrected chi connectivity index (χ2v) is 5.72. The van der Waals surface area contributed by atoms with Crippen LogP contribution in [0, 0.1) is 5.82 Å². The van der Waals surface area contributed by atoms with Gasteiger partial charge in [0.2, 0.25) is 0 Å². The molecule has 0 aliphatic rings. The molecule has 0 radical (unpaired) electrons. The summed E-state index contributed by atoms with van der Waals surface area (Å²) in [7, 11) is 3.11. The van der Waals surface area contributed by atoms with Gasteiger partial charge in [0.05, 0.1) is 20.6 Å². The molecule has 3 rings (SSSR count). The first-order valence-corrected chi connectivity index (χ1v) is 8.17. The third-order valence-corrected chi connectivity index (χ3v) is 3.87. The molecule has 0 atom stereocenters. The first kappa shape index (κ1) is 18.4. The van der Waals surface area contributed by atoms with Crippen LogP contribution in [0.15, 0.2) is 53.1 Å². The highest BCUT2D eigenvalue weighted by atomic mass is 19.1. The Balaban J connectivity index is 1.61. The van der Waals surface area contributed by atoms with Crippen LogP contribution in [0.1, 0.15) is 11.3 Å². The molecule has 0 saturated heterocycles. The number of hydrogen-bond acceptors (Lipinski definition) is 6. The van der Waals surface area contributed by atoms with Gasteiger partial charge in [-0.15, -0.1) is 0 Å². The maximum Gasteiger partial charge on any atom is 0.310 e. The maximum atomic E-state index is 12.9. The van der Waals surface area contributed by atoms with Crippen molar-refractivity contribution >= 4 is 5.97 Å². The Morgan fingerprint density at radius 2 is 1.78 bits per heavy atom. The van der Waals surface area contributed by atoms with E-state index in [1.165, 1.54) is 12.1 Å². The normalized spacial score (nSPS) is 10.5. The van der Waals surface area contributed by atoms with Crippen LogP contribution in [0.25, 0.3) is 11.3 Å². The molecule has 0 N–H and O–H groups in total. The number of rotatable bonds is 7. The maximum absolute atomic E-state index is 12.9. The Bertz CT molecular complexity index is 920. The van der Waals surface area contributed by atoms with Gasteiger partial charge in [-0.25, -0.2) is 4.39 Å². The molecule has 0 saturated carbocycles. The zero-order valence-corrected chi connectivity index (χ0v) is 14.9. The Labute approximate surface area is 155 Å². The number of benzene rings is 2. The summed E-state index contributed by atoms with van der Waals surface area (Å²) in [6.07, 6.45) is 0.0562. The molecule has 0 spiro atoms. The van der Waals surface area contributed by atoms with Gasteiger partial charge in [-0.3, -0.25) is 4.79 Å². The van der Waals surface area contributed by atoms with E-state index >= 15 is 0 Å². The van der Waals surface area contributed by atoms with Crippen molar-refractivity contribution in [1.29, 1.82) is 0 Å². The van der Waals surface area contributed by atoms with E-state index in [0.717, 1.165) is 5.56 Å². The SMILES string of the molecule is COc1ccc(-c2cc(COC(=O)Cc3ccc(F)cc3)no2)cc1OC. The van der Waals surface area contributed by atoms with E-state index in [-0.39, 0.29) is 18.8 Å². The molecule has 0 fully saturated rings. The first-order chi connectivity index (χ1) is 13.1. The number of aromatic nitrogens is 1. The summed E-state index contributed by atoms with van der Waals surface area (Å²) in [6, 6.07) is 12.7. The van der Waals surface area contributed by atoms with E-state index < -0.39 is 5.97 Å². The van der Waals surface area contributed by atoms with Gasteiger partial charge < -0.3 is 18.7 Å². The van der Waals surface area contributed by atoms with Crippen LogP contribution in [0.3, 0.4) is 0 Å².